The third-order valence-corrected chi connectivity index (χ3v) is 4.51. The van der Waals surface area contributed by atoms with Gasteiger partial charge in [0.1, 0.15) is 17.5 Å². The second-order valence-corrected chi connectivity index (χ2v) is 6.44. The van der Waals surface area contributed by atoms with Gasteiger partial charge in [-0.1, -0.05) is 36.4 Å². The maximum atomic E-state index is 13.9. The van der Waals surface area contributed by atoms with Crippen molar-refractivity contribution < 1.29 is 8.78 Å². The predicted molar refractivity (Wildman–Crippen MR) is 107 cm³/mol. The Kier molecular flexibility index (Phi) is 4.57. The van der Waals surface area contributed by atoms with E-state index in [1.54, 1.807) is 54.6 Å². The molecule has 1 aromatic heterocycles. The van der Waals surface area contributed by atoms with Crippen molar-refractivity contribution in [3.05, 3.63) is 106 Å². The molecule has 0 atom stereocenters. The lowest BCUT2D eigenvalue weighted by Crippen LogP contribution is -2.23. The number of para-hydroxylation sites is 1. The number of benzene rings is 3. The minimum absolute atomic E-state index is 0.280. The van der Waals surface area contributed by atoms with Gasteiger partial charge in [-0.2, -0.15) is 0 Å². The molecule has 4 aromatic rings. The molecule has 0 bridgehead atoms. The first-order chi connectivity index (χ1) is 13.5. The molecular formula is C23H16F2N2O. The summed E-state index contributed by atoms with van der Waals surface area (Å²) in [4.78, 5) is 17.8. The van der Waals surface area contributed by atoms with Crippen LogP contribution in [0.5, 0.6) is 0 Å². The molecule has 0 spiro atoms. The number of fused-ring (bicyclic) bond motifs is 1. The molecule has 0 aliphatic carbocycles. The Morgan fingerprint density at radius 1 is 0.893 bits per heavy atom. The zero-order valence-corrected chi connectivity index (χ0v) is 15.1. The van der Waals surface area contributed by atoms with Crippen molar-refractivity contribution in [1.82, 2.24) is 9.55 Å². The van der Waals surface area contributed by atoms with Crippen LogP contribution in [0.4, 0.5) is 8.78 Å². The first kappa shape index (κ1) is 17.8. The fourth-order valence-electron chi connectivity index (χ4n) is 3.06. The minimum atomic E-state index is -0.436. The van der Waals surface area contributed by atoms with E-state index in [0.717, 1.165) is 11.1 Å². The van der Waals surface area contributed by atoms with Crippen LogP contribution in [0.2, 0.25) is 0 Å². The summed E-state index contributed by atoms with van der Waals surface area (Å²) in [5.74, 6) is -0.399. The summed E-state index contributed by atoms with van der Waals surface area (Å²) in [6, 6.07) is 17.3. The Labute approximate surface area is 160 Å². The van der Waals surface area contributed by atoms with E-state index in [1.165, 1.54) is 28.8 Å². The molecule has 3 aromatic carbocycles. The molecule has 1 heterocycles. The molecule has 3 nitrogen and oxygen atoms in total. The number of rotatable bonds is 3. The van der Waals surface area contributed by atoms with Crippen molar-refractivity contribution in [2.24, 2.45) is 0 Å². The summed E-state index contributed by atoms with van der Waals surface area (Å²) in [7, 11) is 0. The van der Waals surface area contributed by atoms with Gasteiger partial charge in [0, 0.05) is 0 Å². The first-order valence-electron chi connectivity index (χ1n) is 8.75. The highest BCUT2D eigenvalue weighted by molar-refractivity contribution is 5.80. The van der Waals surface area contributed by atoms with E-state index in [2.05, 4.69) is 4.98 Å². The Morgan fingerprint density at radius 2 is 1.61 bits per heavy atom. The molecule has 0 aliphatic rings. The van der Waals surface area contributed by atoms with Crippen molar-refractivity contribution in [2.45, 2.75) is 6.92 Å². The molecule has 5 heteroatoms. The minimum Gasteiger partial charge on any atom is -0.268 e. The van der Waals surface area contributed by atoms with Crippen LogP contribution in [0, 0.1) is 18.6 Å². The number of aryl methyl sites for hydroxylation is 1. The summed E-state index contributed by atoms with van der Waals surface area (Å²) >= 11 is 0. The number of aromatic nitrogens is 2. The summed E-state index contributed by atoms with van der Waals surface area (Å²) < 4.78 is 28.4. The zero-order valence-electron chi connectivity index (χ0n) is 15.1. The number of hydrogen-bond donors (Lipinski definition) is 0. The van der Waals surface area contributed by atoms with Gasteiger partial charge in [0.25, 0.3) is 5.56 Å². The second-order valence-electron chi connectivity index (χ2n) is 6.44. The van der Waals surface area contributed by atoms with Crippen LogP contribution < -0.4 is 5.56 Å². The Bertz CT molecular complexity index is 1260. The molecule has 0 amide bonds. The molecule has 0 radical (unpaired) electrons. The molecule has 0 unspecified atom stereocenters. The van der Waals surface area contributed by atoms with Crippen molar-refractivity contribution in [1.29, 1.82) is 0 Å². The van der Waals surface area contributed by atoms with Gasteiger partial charge in [0.05, 0.1) is 16.6 Å². The Balaban J connectivity index is 1.97. The maximum Gasteiger partial charge on any atom is 0.266 e. The Morgan fingerprint density at radius 3 is 2.39 bits per heavy atom. The molecule has 28 heavy (non-hydrogen) atoms. The quantitative estimate of drug-likeness (QED) is 0.497. The third kappa shape index (κ3) is 3.34. The first-order valence-corrected chi connectivity index (χ1v) is 8.75. The van der Waals surface area contributed by atoms with Gasteiger partial charge in [0.2, 0.25) is 0 Å². The van der Waals surface area contributed by atoms with Gasteiger partial charge >= 0.3 is 0 Å². The van der Waals surface area contributed by atoms with Gasteiger partial charge < -0.3 is 0 Å². The van der Waals surface area contributed by atoms with E-state index in [1.807, 2.05) is 6.92 Å². The molecule has 0 aliphatic heterocycles. The summed E-state index contributed by atoms with van der Waals surface area (Å²) in [5.41, 5.74) is 2.21. The highest BCUT2D eigenvalue weighted by Gasteiger charge is 2.13. The molecular weight excluding hydrogens is 358 g/mol. The van der Waals surface area contributed by atoms with Crippen LogP contribution in [0.3, 0.4) is 0 Å². The van der Waals surface area contributed by atoms with Crippen LogP contribution >= 0.6 is 0 Å². The lowest BCUT2D eigenvalue weighted by Gasteiger charge is -2.14. The summed E-state index contributed by atoms with van der Waals surface area (Å²) in [6.45, 7) is 1.81. The van der Waals surface area contributed by atoms with Gasteiger partial charge in [-0.15, -0.1) is 0 Å². The van der Waals surface area contributed by atoms with E-state index in [0.29, 0.717) is 22.4 Å². The largest absolute Gasteiger partial charge is 0.268 e. The van der Waals surface area contributed by atoms with E-state index in [-0.39, 0.29) is 11.4 Å². The smallest absolute Gasteiger partial charge is 0.266 e. The average Bonchev–Trinajstić information content (AvgIpc) is 2.70. The third-order valence-electron chi connectivity index (χ3n) is 4.51. The van der Waals surface area contributed by atoms with E-state index in [4.69, 9.17) is 0 Å². The molecule has 0 saturated heterocycles. The number of hydrogen-bond acceptors (Lipinski definition) is 2. The van der Waals surface area contributed by atoms with Gasteiger partial charge in [-0.25, -0.2) is 13.8 Å². The van der Waals surface area contributed by atoms with Crippen LogP contribution in [-0.4, -0.2) is 9.55 Å². The molecule has 138 valence electrons. The normalized spacial score (nSPS) is 11.4. The molecule has 0 N–H and O–H groups in total. The van der Waals surface area contributed by atoms with Gasteiger partial charge in [-0.05, 0) is 60.5 Å². The number of halogens is 2. The van der Waals surface area contributed by atoms with Gasteiger partial charge in [0.15, 0.2) is 0 Å². The van der Waals surface area contributed by atoms with E-state index in [9.17, 15) is 13.6 Å². The fourth-order valence-corrected chi connectivity index (χ4v) is 3.06. The predicted octanol–water partition coefficient (Wildman–Crippen LogP) is 5.14. The van der Waals surface area contributed by atoms with E-state index < -0.39 is 5.82 Å². The highest BCUT2D eigenvalue weighted by atomic mass is 19.1. The van der Waals surface area contributed by atoms with Crippen LogP contribution in [0.1, 0.15) is 17.0 Å². The molecule has 0 fully saturated rings. The monoisotopic (exact) mass is 374 g/mol. The lowest BCUT2D eigenvalue weighted by molar-refractivity contribution is 0.625. The average molecular weight is 374 g/mol. The van der Waals surface area contributed by atoms with Crippen molar-refractivity contribution in [3.63, 3.8) is 0 Å². The summed E-state index contributed by atoms with van der Waals surface area (Å²) in [5, 5.41) is 0.449. The molecule has 4 rings (SSSR count). The van der Waals surface area contributed by atoms with Crippen LogP contribution in [-0.2, 0) is 0 Å². The maximum absolute atomic E-state index is 13.9. The second kappa shape index (κ2) is 7.19. The summed E-state index contributed by atoms with van der Waals surface area (Å²) in [6.07, 6.45) is 3.41. The van der Waals surface area contributed by atoms with Crippen LogP contribution in [0.15, 0.2) is 71.5 Å². The topological polar surface area (TPSA) is 34.9 Å². The van der Waals surface area contributed by atoms with Crippen molar-refractivity contribution >= 4 is 23.1 Å². The highest BCUT2D eigenvalue weighted by Crippen LogP contribution is 2.19. The lowest BCUT2D eigenvalue weighted by atomic mass is 10.1. The van der Waals surface area contributed by atoms with Crippen molar-refractivity contribution in [3.8, 4) is 5.69 Å². The SMILES string of the molecule is Cc1ccc(F)cc1-n1c(/C=C\c2ccc(F)cc2)nc2ccccc2c1=O. The van der Waals surface area contributed by atoms with E-state index >= 15 is 0 Å². The van der Waals surface area contributed by atoms with Crippen molar-refractivity contribution in [2.75, 3.05) is 0 Å². The Hall–Kier alpha value is -3.60. The standard InChI is InChI=1S/C23H16F2N2O/c1-15-6-10-18(25)14-21(15)27-22(13-9-16-7-11-17(24)12-8-16)26-20-5-3-2-4-19(20)23(27)28/h2-14H,1H3/b13-9-. The molecule has 0 saturated carbocycles. The van der Waals surface area contributed by atoms with Crippen LogP contribution in [0.25, 0.3) is 28.7 Å². The zero-order chi connectivity index (χ0) is 19.7. The fraction of sp³-hybridized carbons (Fsp3) is 0.0435. The number of nitrogens with zero attached hydrogens (tertiary/aromatic N) is 2. The van der Waals surface area contributed by atoms with Gasteiger partial charge in [-0.3, -0.25) is 9.36 Å².